The summed E-state index contributed by atoms with van der Waals surface area (Å²) < 4.78 is 2.29. The van der Waals surface area contributed by atoms with Crippen molar-refractivity contribution >= 4 is 51.9 Å². The van der Waals surface area contributed by atoms with Crippen LogP contribution in [0.4, 0.5) is 11.4 Å². The molecule has 5 nitrogen and oxygen atoms in total. The fourth-order valence-electron chi connectivity index (χ4n) is 7.01. The molecule has 1 N–H and O–H groups in total. The number of aryl methyl sites for hydroxylation is 1. The van der Waals surface area contributed by atoms with Crippen LogP contribution in [0.1, 0.15) is 60.6 Å². The van der Waals surface area contributed by atoms with Gasteiger partial charge in [0, 0.05) is 47.1 Å². The van der Waals surface area contributed by atoms with Crippen molar-refractivity contribution in [2.24, 2.45) is 11.8 Å². The standard InChI is InChI=1S/C34H37Cl2N5S/c1-20-15-21(2)19-39(18-20)31-13-12-25(17-28(31)36)41-33(32(38-34(41)42)29-10-6-7-14-37-29)26-16-22(3)40(24(26)5)30-11-8-9-27(35)23(30)4/h6-14,16-17,20-21,32-33H,15,18-19H2,1-5H3,(H,38,42)/t20-,21-,32+,33-/m1/s1. The van der Waals surface area contributed by atoms with E-state index in [9.17, 15) is 0 Å². The molecule has 2 aromatic heterocycles. The monoisotopic (exact) mass is 617 g/mol. The number of thiocarbonyl (C=S) groups is 1. The minimum atomic E-state index is -0.143. The minimum Gasteiger partial charge on any atom is -0.370 e. The molecule has 2 fully saturated rings. The summed E-state index contributed by atoms with van der Waals surface area (Å²) >= 11 is 19.6. The van der Waals surface area contributed by atoms with Gasteiger partial charge in [0.1, 0.15) is 0 Å². The van der Waals surface area contributed by atoms with Gasteiger partial charge < -0.3 is 19.7 Å². The van der Waals surface area contributed by atoms with Gasteiger partial charge in [-0.05, 0) is 111 Å². The van der Waals surface area contributed by atoms with E-state index >= 15 is 0 Å². The lowest BCUT2D eigenvalue weighted by Gasteiger charge is -2.37. The first-order valence-corrected chi connectivity index (χ1v) is 15.8. The number of hydrogen-bond donors (Lipinski definition) is 1. The van der Waals surface area contributed by atoms with E-state index in [0.29, 0.717) is 16.9 Å². The molecular weight excluding hydrogens is 581 g/mol. The summed E-state index contributed by atoms with van der Waals surface area (Å²) in [4.78, 5) is 9.39. The highest BCUT2D eigenvalue weighted by molar-refractivity contribution is 7.80. The maximum atomic E-state index is 7.04. The first-order valence-electron chi connectivity index (χ1n) is 14.6. The SMILES string of the molecule is Cc1c(Cl)cccc1-n1c(C)cc([C@@H]2[C@H](c3ccccn3)NC(=S)N2c2ccc(N3C[C@H](C)C[C@@H](C)C3)c(Cl)c2)c1C. The number of benzene rings is 2. The minimum absolute atomic E-state index is 0.135. The number of halogens is 2. The Morgan fingerprint density at radius 1 is 0.881 bits per heavy atom. The molecule has 2 aromatic carbocycles. The molecule has 0 spiro atoms. The molecule has 2 saturated heterocycles. The second kappa shape index (κ2) is 11.6. The molecule has 0 amide bonds. The van der Waals surface area contributed by atoms with Crippen LogP contribution in [0.3, 0.4) is 0 Å². The van der Waals surface area contributed by atoms with Crippen molar-refractivity contribution in [2.75, 3.05) is 22.9 Å². The summed E-state index contributed by atoms with van der Waals surface area (Å²) in [6, 6.07) is 20.5. The van der Waals surface area contributed by atoms with Crippen molar-refractivity contribution in [1.29, 1.82) is 0 Å². The van der Waals surface area contributed by atoms with E-state index in [1.165, 1.54) is 12.0 Å². The van der Waals surface area contributed by atoms with Gasteiger partial charge in [-0.2, -0.15) is 0 Å². The molecule has 6 rings (SSSR count). The fourth-order valence-corrected chi connectivity index (χ4v) is 7.82. The van der Waals surface area contributed by atoms with Crippen LogP contribution in [0, 0.1) is 32.6 Å². The number of anilines is 2. The molecule has 4 heterocycles. The number of nitrogens with zero attached hydrogens (tertiary/aromatic N) is 4. The fraction of sp³-hybridized carbons (Fsp3) is 0.353. The molecule has 0 saturated carbocycles. The van der Waals surface area contributed by atoms with Crippen molar-refractivity contribution in [3.63, 3.8) is 0 Å². The average molecular weight is 619 g/mol. The van der Waals surface area contributed by atoms with Crippen LogP contribution < -0.4 is 15.1 Å². The van der Waals surface area contributed by atoms with Crippen molar-refractivity contribution < 1.29 is 0 Å². The van der Waals surface area contributed by atoms with Gasteiger partial charge in [0.15, 0.2) is 5.11 Å². The van der Waals surface area contributed by atoms with Gasteiger partial charge in [0.05, 0.1) is 28.5 Å². The summed E-state index contributed by atoms with van der Waals surface area (Å²) in [5.41, 5.74) is 8.57. The molecule has 42 heavy (non-hydrogen) atoms. The number of piperidine rings is 1. The number of hydrogen-bond acceptors (Lipinski definition) is 3. The van der Waals surface area contributed by atoms with Gasteiger partial charge in [-0.25, -0.2) is 0 Å². The van der Waals surface area contributed by atoms with E-state index in [1.54, 1.807) is 0 Å². The lowest BCUT2D eigenvalue weighted by molar-refractivity contribution is 0.357. The van der Waals surface area contributed by atoms with Crippen LogP contribution in [-0.4, -0.2) is 27.8 Å². The topological polar surface area (TPSA) is 36.3 Å². The molecule has 0 unspecified atom stereocenters. The van der Waals surface area contributed by atoms with Crippen molar-refractivity contribution in [3.05, 3.63) is 105 Å². The Labute approximate surface area is 264 Å². The largest absolute Gasteiger partial charge is 0.370 e. The molecule has 0 aliphatic carbocycles. The summed E-state index contributed by atoms with van der Waals surface area (Å²) in [6.45, 7) is 13.1. The van der Waals surface area contributed by atoms with E-state index in [1.807, 2.05) is 30.5 Å². The van der Waals surface area contributed by atoms with Crippen molar-refractivity contribution in [1.82, 2.24) is 14.9 Å². The normalized spacial score (nSPS) is 22.5. The first-order chi connectivity index (χ1) is 20.1. The van der Waals surface area contributed by atoms with Gasteiger partial charge in [0.25, 0.3) is 0 Å². The molecule has 4 aromatic rings. The molecule has 2 aliphatic heterocycles. The average Bonchev–Trinajstić information content (AvgIpc) is 3.45. The third-order valence-corrected chi connectivity index (χ3v) is 9.81. The van der Waals surface area contributed by atoms with Crippen LogP contribution in [0.25, 0.3) is 5.69 Å². The maximum Gasteiger partial charge on any atom is 0.174 e. The zero-order valence-electron chi connectivity index (χ0n) is 24.7. The quantitative estimate of drug-likeness (QED) is 0.226. The van der Waals surface area contributed by atoms with Crippen LogP contribution in [-0.2, 0) is 0 Å². The molecule has 0 radical (unpaired) electrons. The summed E-state index contributed by atoms with van der Waals surface area (Å²) in [5.74, 6) is 1.28. The van der Waals surface area contributed by atoms with E-state index in [4.69, 9.17) is 40.4 Å². The Bertz CT molecular complexity index is 1620. The number of rotatable bonds is 5. The highest BCUT2D eigenvalue weighted by Gasteiger charge is 2.42. The third-order valence-electron chi connectivity index (χ3n) is 8.79. The van der Waals surface area contributed by atoms with E-state index in [0.717, 1.165) is 62.8 Å². The van der Waals surface area contributed by atoms with Crippen molar-refractivity contribution in [3.8, 4) is 5.69 Å². The highest BCUT2D eigenvalue weighted by Crippen LogP contribution is 2.45. The van der Waals surface area contributed by atoms with Gasteiger partial charge in [0.2, 0.25) is 0 Å². The number of nitrogens with one attached hydrogen (secondary N) is 1. The lowest BCUT2D eigenvalue weighted by Crippen LogP contribution is -2.38. The highest BCUT2D eigenvalue weighted by atomic mass is 35.5. The molecule has 218 valence electrons. The van der Waals surface area contributed by atoms with E-state index in [-0.39, 0.29) is 12.1 Å². The number of aromatic nitrogens is 2. The molecule has 8 heteroatoms. The van der Waals surface area contributed by atoms with Gasteiger partial charge >= 0.3 is 0 Å². The van der Waals surface area contributed by atoms with Crippen LogP contribution >= 0.6 is 35.4 Å². The Balaban J connectivity index is 1.45. The first kappa shape index (κ1) is 29.0. The maximum absolute atomic E-state index is 7.04. The van der Waals surface area contributed by atoms with Gasteiger partial charge in [-0.3, -0.25) is 4.98 Å². The van der Waals surface area contributed by atoms with Crippen LogP contribution in [0.15, 0.2) is 66.9 Å². The Hall–Kier alpha value is -3.06. The lowest BCUT2D eigenvalue weighted by atomic mass is 9.91. The summed E-state index contributed by atoms with van der Waals surface area (Å²) in [6.07, 6.45) is 3.09. The molecule has 4 atom stereocenters. The van der Waals surface area contributed by atoms with Crippen LogP contribution in [0.2, 0.25) is 10.0 Å². The molecular formula is C34H37Cl2N5S. The number of pyridine rings is 1. The predicted octanol–water partition coefficient (Wildman–Crippen LogP) is 8.76. The summed E-state index contributed by atoms with van der Waals surface area (Å²) in [7, 11) is 0. The molecule has 0 bridgehead atoms. The van der Waals surface area contributed by atoms with Crippen LogP contribution in [0.5, 0.6) is 0 Å². The predicted molar refractivity (Wildman–Crippen MR) is 180 cm³/mol. The zero-order chi connectivity index (χ0) is 29.7. The van der Waals surface area contributed by atoms with Gasteiger partial charge in [-0.15, -0.1) is 0 Å². The van der Waals surface area contributed by atoms with E-state index < -0.39 is 0 Å². The van der Waals surface area contributed by atoms with Gasteiger partial charge in [-0.1, -0.05) is 49.2 Å². The summed E-state index contributed by atoms with van der Waals surface area (Å²) in [5, 5.41) is 5.76. The second-order valence-electron chi connectivity index (χ2n) is 12.0. The third kappa shape index (κ3) is 5.18. The zero-order valence-corrected chi connectivity index (χ0v) is 27.1. The van der Waals surface area contributed by atoms with E-state index in [2.05, 4.69) is 90.7 Å². The Kier molecular flexibility index (Phi) is 7.99. The Morgan fingerprint density at radius 2 is 1.64 bits per heavy atom. The molecule has 2 aliphatic rings. The Morgan fingerprint density at radius 3 is 2.33 bits per heavy atom. The second-order valence-corrected chi connectivity index (χ2v) is 13.2. The van der Waals surface area contributed by atoms with Crippen molar-refractivity contribution in [2.45, 2.75) is 53.1 Å². The smallest absolute Gasteiger partial charge is 0.174 e.